The molecule has 3 heteroatoms. The monoisotopic (exact) mass is 153 g/mol. The van der Waals surface area contributed by atoms with Crippen molar-refractivity contribution in [3.63, 3.8) is 0 Å². The van der Waals surface area contributed by atoms with E-state index < -0.39 is 0 Å². The first-order valence-corrected chi connectivity index (χ1v) is 3.07. The summed E-state index contributed by atoms with van der Waals surface area (Å²) in [7, 11) is 6.53. The van der Waals surface area contributed by atoms with Gasteiger partial charge < -0.3 is 10.2 Å². The van der Waals surface area contributed by atoms with Gasteiger partial charge in [-0.05, 0) is 6.54 Å². The van der Waals surface area contributed by atoms with E-state index in [1.807, 2.05) is 0 Å². The quantitative estimate of drug-likeness (QED) is 0.586. The van der Waals surface area contributed by atoms with Gasteiger partial charge in [0.25, 0.3) is 0 Å². The van der Waals surface area contributed by atoms with Gasteiger partial charge in [-0.25, -0.2) is 0 Å². The van der Waals surface area contributed by atoms with Crippen LogP contribution in [-0.4, -0.2) is 38.7 Å². The van der Waals surface area contributed by atoms with E-state index in [2.05, 4.69) is 21.1 Å². The van der Waals surface area contributed by atoms with E-state index in [1.54, 1.807) is 0 Å². The molecule has 0 aromatic rings. The predicted molar refractivity (Wildman–Crippen MR) is 43.8 cm³/mol. The van der Waals surface area contributed by atoms with Gasteiger partial charge in [0.1, 0.15) is 0 Å². The number of rotatable bonds is 3. The van der Waals surface area contributed by atoms with Gasteiger partial charge in [0.05, 0.1) is 27.7 Å². The molecule has 0 spiro atoms. The molecule has 0 unspecified atom stereocenters. The highest BCUT2D eigenvalue weighted by Crippen LogP contribution is 1.90. The fourth-order valence-corrected chi connectivity index (χ4v) is 0.566. The Labute approximate surface area is 64.0 Å². The summed E-state index contributed by atoms with van der Waals surface area (Å²) in [6.07, 6.45) is 1.13. The van der Waals surface area contributed by atoms with Crippen molar-refractivity contribution in [2.24, 2.45) is 5.73 Å². The summed E-state index contributed by atoms with van der Waals surface area (Å²) in [6, 6.07) is 0. The van der Waals surface area contributed by atoms with Gasteiger partial charge in [0.15, 0.2) is 0 Å². The molecule has 2 nitrogen and oxygen atoms in total. The van der Waals surface area contributed by atoms with Gasteiger partial charge in [-0.2, -0.15) is 0 Å². The van der Waals surface area contributed by atoms with E-state index in [-0.39, 0.29) is 12.4 Å². The lowest BCUT2D eigenvalue weighted by Gasteiger charge is -2.23. The Bertz CT molecular complexity index is 58.6. The molecule has 58 valence electrons. The van der Waals surface area contributed by atoms with Crippen molar-refractivity contribution in [3.8, 4) is 0 Å². The lowest BCUT2D eigenvalue weighted by molar-refractivity contribution is -0.870. The Morgan fingerprint density at radius 3 is 1.78 bits per heavy atom. The molecule has 0 aliphatic carbocycles. The van der Waals surface area contributed by atoms with E-state index in [9.17, 15) is 0 Å². The number of hydrogen-bond acceptors (Lipinski definition) is 1. The highest BCUT2D eigenvalue weighted by Gasteiger charge is 2.03. The first-order chi connectivity index (χ1) is 3.56. The fraction of sp³-hybridized carbons (Fsp3) is 1.00. The highest BCUT2D eigenvalue weighted by atomic mass is 35.5. The standard InChI is InChI=1S/C6H17N2.ClH/c1-8(2,3)6-4-5-7;/h4-7H2,1-3H3;1H/q+1;. The van der Waals surface area contributed by atoms with Crippen molar-refractivity contribution >= 4 is 12.4 Å². The molecular weight excluding hydrogens is 136 g/mol. The SMILES string of the molecule is C[N+](C)(C)CCCN.Cl. The lowest BCUT2D eigenvalue weighted by Crippen LogP contribution is -2.36. The molecule has 0 aliphatic rings. The van der Waals surface area contributed by atoms with E-state index >= 15 is 0 Å². The van der Waals surface area contributed by atoms with Crippen LogP contribution in [0.2, 0.25) is 0 Å². The van der Waals surface area contributed by atoms with Crippen LogP contribution in [0.1, 0.15) is 6.42 Å². The van der Waals surface area contributed by atoms with Crippen LogP contribution in [0.15, 0.2) is 0 Å². The maximum Gasteiger partial charge on any atom is 0.0792 e. The third kappa shape index (κ3) is 11.7. The summed E-state index contributed by atoms with van der Waals surface area (Å²) < 4.78 is 1.02. The third-order valence-electron chi connectivity index (χ3n) is 1.03. The predicted octanol–water partition coefficient (Wildman–Crippen LogP) is 0.463. The number of halogens is 1. The smallest absolute Gasteiger partial charge is 0.0792 e. The summed E-state index contributed by atoms with van der Waals surface area (Å²) in [6.45, 7) is 1.99. The van der Waals surface area contributed by atoms with E-state index in [0.29, 0.717) is 0 Å². The van der Waals surface area contributed by atoms with Gasteiger partial charge in [0.2, 0.25) is 0 Å². The Morgan fingerprint density at radius 1 is 1.22 bits per heavy atom. The molecule has 0 aromatic heterocycles. The molecule has 0 amide bonds. The van der Waals surface area contributed by atoms with Crippen LogP contribution in [0, 0.1) is 0 Å². The van der Waals surface area contributed by atoms with Gasteiger partial charge in [-0.3, -0.25) is 0 Å². The zero-order valence-corrected chi connectivity index (χ0v) is 7.37. The van der Waals surface area contributed by atoms with Crippen LogP contribution in [0.4, 0.5) is 0 Å². The van der Waals surface area contributed by atoms with Crippen molar-refractivity contribution < 1.29 is 4.48 Å². The van der Waals surface area contributed by atoms with Gasteiger partial charge in [0, 0.05) is 6.42 Å². The average Bonchev–Trinajstić information content (AvgIpc) is 1.59. The van der Waals surface area contributed by atoms with E-state index in [4.69, 9.17) is 5.73 Å². The Balaban J connectivity index is 0. The minimum absolute atomic E-state index is 0. The van der Waals surface area contributed by atoms with Gasteiger partial charge in [-0.1, -0.05) is 0 Å². The van der Waals surface area contributed by atoms with E-state index in [0.717, 1.165) is 17.4 Å². The molecule has 0 aromatic carbocycles. The van der Waals surface area contributed by atoms with Crippen molar-refractivity contribution in [2.75, 3.05) is 34.2 Å². The summed E-state index contributed by atoms with van der Waals surface area (Å²) in [5.74, 6) is 0. The largest absolute Gasteiger partial charge is 0.331 e. The zero-order chi connectivity index (χ0) is 6.62. The number of nitrogens with two attached hydrogens (primary N) is 1. The molecular formula is C6H18ClN2+. The molecule has 0 rings (SSSR count). The highest BCUT2D eigenvalue weighted by molar-refractivity contribution is 5.85. The molecule has 0 bridgehead atoms. The Hall–Kier alpha value is 0.210. The molecule has 0 radical (unpaired) electrons. The molecule has 0 saturated heterocycles. The van der Waals surface area contributed by atoms with Crippen molar-refractivity contribution in [3.05, 3.63) is 0 Å². The number of nitrogens with zero attached hydrogens (tertiary/aromatic N) is 1. The topological polar surface area (TPSA) is 26.0 Å². The van der Waals surface area contributed by atoms with E-state index in [1.165, 1.54) is 6.54 Å². The summed E-state index contributed by atoms with van der Waals surface area (Å²) in [4.78, 5) is 0. The zero-order valence-electron chi connectivity index (χ0n) is 6.55. The van der Waals surface area contributed by atoms with Crippen molar-refractivity contribution in [2.45, 2.75) is 6.42 Å². The summed E-state index contributed by atoms with van der Waals surface area (Å²) in [5.41, 5.74) is 5.33. The second-order valence-electron chi connectivity index (χ2n) is 3.16. The molecule has 0 fully saturated rings. The number of hydrogen-bond donors (Lipinski definition) is 1. The second-order valence-corrected chi connectivity index (χ2v) is 3.16. The van der Waals surface area contributed by atoms with Crippen LogP contribution in [0.3, 0.4) is 0 Å². The first-order valence-electron chi connectivity index (χ1n) is 3.07. The Kier molecular flexibility index (Phi) is 6.68. The molecule has 0 aliphatic heterocycles. The lowest BCUT2D eigenvalue weighted by atomic mass is 10.4. The maximum atomic E-state index is 5.33. The van der Waals surface area contributed by atoms with Crippen LogP contribution in [0.5, 0.6) is 0 Å². The summed E-state index contributed by atoms with van der Waals surface area (Å²) in [5, 5.41) is 0. The Morgan fingerprint density at radius 2 is 1.67 bits per heavy atom. The average molecular weight is 154 g/mol. The molecule has 0 heterocycles. The molecule has 2 N–H and O–H groups in total. The third-order valence-corrected chi connectivity index (χ3v) is 1.03. The number of quaternary nitrogens is 1. The van der Waals surface area contributed by atoms with Crippen molar-refractivity contribution in [1.82, 2.24) is 0 Å². The minimum Gasteiger partial charge on any atom is -0.331 e. The maximum absolute atomic E-state index is 5.33. The summed E-state index contributed by atoms with van der Waals surface area (Å²) >= 11 is 0. The van der Waals surface area contributed by atoms with Crippen LogP contribution < -0.4 is 5.73 Å². The van der Waals surface area contributed by atoms with Crippen LogP contribution >= 0.6 is 12.4 Å². The fourth-order valence-electron chi connectivity index (χ4n) is 0.566. The first kappa shape index (κ1) is 11.9. The minimum atomic E-state index is 0. The molecule has 9 heavy (non-hydrogen) atoms. The van der Waals surface area contributed by atoms with Gasteiger partial charge in [-0.15, -0.1) is 12.4 Å². The molecule has 0 saturated carbocycles. The van der Waals surface area contributed by atoms with Crippen molar-refractivity contribution in [1.29, 1.82) is 0 Å². The van der Waals surface area contributed by atoms with Crippen LogP contribution in [0.25, 0.3) is 0 Å². The second kappa shape index (κ2) is 5.03. The normalized spacial score (nSPS) is 10.7. The molecule has 0 atom stereocenters. The van der Waals surface area contributed by atoms with Gasteiger partial charge >= 0.3 is 0 Å². The van der Waals surface area contributed by atoms with Crippen LogP contribution in [-0.2, 0) is 0 Å².